The van der Waals surface area contributed by atoms with Gasteiger partial charge in [0.15, 0.2) is 0 Å². The first-order valence-electron chi connectivity index (χ1n) is 8.45. The van der Waals surface area contributed by atoms with Gasteiger partial charge in [0.1, 0.15) is 0 Å². The summed E-state index contributed by atoms with van der Waals surface area (Å²) in [6, 6.07) is 20.3. The smallest absolute Gasteiger partial charge is 0.336 e. The van der Waals surface area contributed by atoms with Crippen molar-refractivity contribution in [1.29, 1.82) is 0 Å². The van der Waals surface area contributed by atoms with E-state index in [1.54, 1.807) is 0 Å². The Balaban J connectivity index is 0.000000403. The monoisotopic (exact) mass is 332 g/mol. The summed E-state index contributed by atoms with van der Waals surface area (Å²) >= 11 is 0. The second kappa shape index (κ2) is 11.7. The molecule has 0 unspecified atom stereocenters. The molecule has 2 aromatic rings. The van der Waals surface area contributed by atoms with Gasteiger partial charge < -0.3 is 13.8 Å². The van der Waals surface area contributed by atoms with Crippen LogP contribution < -0.4 is 0 Å². The maximum Gasteiger partial charge on any atom is 2.00 e. The maximum absolute atomic E-state index is 7.17. The molecule has 0 radical (unpaired) electrons. The van der Waals surface area contributed by atoms with Crippen molar-refractivity contribution in [3.8, 4) is 0 Å². The molecule has 1 heteroatoms. The fraction of sp³-hybridized carbons (Fsp3) is 0.300. The minimum atomic E-state index is 0. The maximum atomic E-state index is 7.17. The average Bonchev–Trinajstić information content (AvgIpc) is 2.60. The topological polar surface area (TPSA) is 0 Å². The summed E-state index contributed by atoms with van der Waals surface area (Å²) in [6.07, 6.45) is 2.01. The van der Waals surface area contributed by atoms with E-state index in [1.807, 2.05) is 36.4 Å². The van der Waals surface area contributed by atoms with Crippen LogP contribution in [0.25, 0.3) is 0 Å². The molecule has 0 bridgehead atoms. The van der Waals surface area contributed by atoms with Crippen molar-refractivity contribution in [2.75, 3.05) is 0 Å². The van der Waals surface area contributed by atoms with Crippen molar-refractivity contribution in [3.05, 3.63) is 85.6 Å². The van der Waals surface area contributed by atoms with E-state index in [4.69, 9.17) is 2.74 Å². The quantitative estimate of drug-likeness (QED) is 0.447. The molecule has 2 rings (SSSR count). The summed E-state index contributed by atoms with van der Waals surface area (Å²) in [5.74, 6) is 0.604. The summed E-state index contributed by atoms with van der Waals surface area (Å²) in [5.41, 5.74) is 2.48. The third kappa shape index (κ3) is 7.58. The molecule has 0 heterocycles. The molecule has 2 atom stereocenters. The van der Waals surface area contributed by atoms with Crippen LogP contribution in [0.3, 0.4) is 0 Å². The molecule has 0 saturated carbocycles. The van der Waals surface area contributed by atoms with Crippen molar-refractivity contribution in [3.63, 3.8) is 0 Å². The Labute approximate surface area is 146 Å². The van der Waals surface area contributed by atoms with Crippen molar-refractivity contribution in [2.24, 2.45) is 0 Å². The van der Waals surface area contributed by atoms with Crippen LogP contribution in [0.1, 0.15) is 52.4 Å². The third-order valence-corrected chi connectivity index (χ3v) is 3.34. The van der Waals surface area contributed by atoms with Gasteiger partial charge in [0, 0.05) is 0 Å². The third-order valence-electron chi connectivity index (χ3n) is 3.34. The second-order valence-electron chi connectivity index (χ2n) is 4.85. The molecule has 2 aromatic carbocycles. The number of rotatable bonds is 6. The largest absolute Gasteiger partial charge is 2.00 e. The van der Waals surface area contributed by atoms with Gasteiger partial charge in [-0.2, -0.15) is 0 Å². The second-order valence-corrected chi connectivity index (χ2v) is 4.85. The molecule has 0 N–H and O–H groups in total. The summed E-state index contributed by atoms with van der Waals surface area (Å²) in [7, 11) is 0. The number of benzene rings is 2. The Morgan fingerprint density at radius 2 is 1.10 bits per heavy atom. The Bertz CT molecular complexity index is 432. The van der Waals surface area contributed by atoms with Crippen molar-refractivity contribution >= 4 is 0 Å². The number of hydrogen-bond donors (Lipinski definition) is 0. The van der Waals surface area contributed by atoms with Gasteiger partial charge in [-0.15, -0.1) is 11.8 Å². The first kappa shape index (κ1) is 16.4. The standard InChI is InChI=1S/2C10H13.Zn/c2*1-3-9(2)10-7-5-4-6-8-10;/h2*4-9H,2-3H2,1H3;/q2*-1;+2/t2*9-;/m00./s1/i2*2D;. The Morgan fingerprint density at radius 1 is 0.762 bits per heavy atom. The van der Waals surface area contributed by atoms with E-state index in [1.165, 1.54) is 24.9 Å². The zero-order chi connectivity index (χ0) is 16.2. The van der Waals surface area contributed by atoms with Crippen molar-refractivity contribution < 1.29 is 22.2 Å². The molecule has 0 amide bonds. The molecule has 0 aliphatic heterocycles. The fourth-order valence-corrected chi connectivity index (χ4v) is 1.87. The minimum absolute atomic E-state index is 0. The van der Waals surface area contributed by atoms with Gasteiger partial charge in [-0.3, -0.25) is 0 Å². The van der Waals surface area contributed by atoms with E-state index in [-0.39, 0.29) is 19.5 Å². The van der Waals surface area contributed by atoms with Gasteiger partial charge in [-0.25, -0.2) is 2.74 Å². The summed E-state index contributed by atoms with van der Waals surface area (Å²) < 4.78 is 14.3. The molecule has 0 nitrogen and oxygen atoms in total. The van der Waals surface area contributed by atoms with Gasteiger partial charge in [0.25, 0.3) is 0 Å². The summed E-state index contributed by atoms with van der Waals surface area (Å²) in [4.78, 5) is 0. The van der Waals surface area contributed by atoms with E-state index >= 15 is 0 Å². The van der Waals surface area contributed by atoms with Crippen LogP contribution in [0.5, 0.6) is 0 Å². The molecule has 108 valence electrons. The minimum Gasteiger partial charge on any atom is -0.336 e. The van der Waals surface area contributed by atoms with Gasteiger partial charge in [-0.1, -0.05) is 98.5 Å². The van der Waals surface area contributed by atoms with E-state index in [2.05, 4.69) is 38.1 Å². The van der Waals surface area contributed by atoms with Gasteiger partial charge in [0.05, 0.1) is 0 Å². The predicted molar refractivity (Wildman–Crippen MR) is 89.7 cm³/mol. The number of hydrogen-bond acceptors (Lipinski definition) is 0. The van der Waals surface area contributed by atoms with Gasteiger partial charge >= 0.3 is 19.5 Å². The molecule has 0 fully saturated rings. The van der Waals surface area contributed by atoms with Crippen LogP contribution in [0.2, 0.25) is 0 Å². The Morgan fingerprint density at radius 3 is 1.33 bits per heavy atom. The van der Waals surface area contributed by atoms with Gasteiger partial charge in [-0.05, 0) is 0 Å². The van der Waals surface area contributed by atoms with E-state index in [0.717, 1.165) is 12.8 Å². The van der Waals surface area contributed by atoms with Crippen molar-refractivity contribution in [2.45, 2.75) is 38.5 Å². The molecule has 0 aromatic heterocycles. The van der Waals surface area contributed by atoms with Crippen molar-refractivity contribution in [1.82, 2.24) is 0 Å². The molecule has 0 spiro atoms. The normalized spacial score (nSPS) is 13.6. The van der Waals surface area contributed by atoms with E-state index in [0.29, 0.717) is 11.8 Å². The van der Waals surface area contributed by atoms with Crippen LogP contribution >= 0.6 is 0 Å². The average molecular weight is 334 g/mol. The fourth-order valence-electron chi connectivity index (χ4n) is 1.87. The van der Waals surface area contributed by atoms with Crippen LogP contribution in [0.4, 0.5) is 0 Å². The molecule has 0 saturated heterocycles. The zero-order valence-corrected chi connectivity index (χ0v) is 16.2. The summed E-state index contributed by atoms with van der Waals surface area (Å²) in [5, 5.41) is 0. The Hall–Kier alpha value is -0.937. The molecule has 21 heavy (non-hydrogen) atoms. The SMILES string of the molecule is [2H][CH-][C@@H](CC)c1ccccc1.[2H][CH-][C@@H](CC)c1ccccc1.[Zn+2]. The van der Waals surface area contributed by atoms with Crippen LogP contribution in [-0.2, 0) is 19.5 Å². The molecule has 0 aliphatic rings. The molecular weight excluding hydrogens is 306 g/mol. The van der Waals surface area contributed by atoms with Gasteiger partial charge in [0.2, 0.25) is 0 Å². The first-order valence-corrected chi connectivity index (χ1v) is 7.30. The predicted octanol–water partition coefficient (Wildman–Crippen LogP) is 6.03. The zero-order valence-electron chi connectivity index (χ0n) is 15.2. The van der Waals surface area contributed by atoms with E-state index < -0.39 is 0 Å². The van der Waals surface area contributed by atoms with Crippen LogP contribution in [-0.4, -0.2) is 0 Å². The molecule has 0 aliphatic carbocycles. The first-order chi connectivity index (χ1) is 10.8. The van der Waals surface area contributed by atoms with Crippen LogP contribution in [0, 0.1) is 13.8 Å². The summed E-state index contributed by atoms with van der Waals surface area (Å²) in [6.45, 7) is 7.22. The van der Waals surface area contributed by atoms with E-state index in [9.17, 15) is 0 Å². The molecular formula is C20H26Zn. The Kier molecular flexibility index (Phi) is 9.15. The van der Waals surface area contributed by atoms with Crippen LogP contribution in [0.15, 0.2) is 60.7 Å².